The third-order valence-electron chi connectivity index (χ3n) is 3.24. The highest BCUT2D eigenvalue weighted by molar-refractivity contribution is 5.79. The number of aromatic nitrogens is 2. The number of hydrazine groups is 1. The SMILES string of the molecule is COC1=CC=C(c2ccc(=O)[nH]n2)C2=CC(C(F)(F)F)NN12. The molecular formula is C13H11F3N4O2. The Morgan fingerprint density at radius 1 is 1.32 bits per heavy atom. The zero-order valence-electron chi connectivity index (χ0n) is 11.3. The van der Waals surface area contributed by atoms with E-state index in [0.717, 1.165) is 6.08 Å². The van der Waals surface area contributed by atoms with Crippen LogP contribution in [0.2, 0.25) is 0 Å². The van der Waals surface area contributed by atoms with Gasteiger partial charge in [-0.2, -0.15) is 18.3 Å². The summed E-state index contributed by atoms with van der Waals surface area (Å²) in [4.78, 5) is 11.1. The molecule has 0 aliphatic carbocycles. The van der Waals surface area contributed by atoms with E-state index < -0.39 is 17.8 Å². The molecule has 2 aliphatic rings. The molecule has 1 aromatic rings. The molecule has 0 spiro atoms. The van der Waals surface area contributed by atoms with Crippen molar-refractivity contribution in [3.63, 3.8) is 0 Å². The molecule has 0 saturated carbocycles. The van der Waals surface area contributed by atoms with Crippen LogP contribution in [0.4, 0.5) is 13.2 Å². The number of allylic oxidation sites excluding steroid dienone is 3. The quantitative estimate of drug-likeness (QED) is 0.861. The molecule has 0 radical (unpaired) electrons. The Morgan fingerprint density at radius 2 is 2.09 bits per heavy atom. The summed E-state index contributed by atoms with van der Waals surface area (Å²) < 4.78 is 43.9. The molecule has 0 fully saturated rings. The van der Waals surface area contributed by atoms with Gasteiger partial charge in [0, 0.05) is 17.7 Å². The minimum Gasteiger partial charge on any atom is -0.481 e. The second-order valence-corrected chi connectivity index (χ2v) is 4.63. The summed E-state index contributed by atoms with van der Waals surface area (Å²) in [7, 11) is 1.36. The number of nitrogens with one attached hydrogen (secondary N) is 2. The van der Waals surface area contributed by atoms with Crippen LogP contribution in [0.25, 0.3) is 5.57 Å². The van der Waals surface area contributed by atoms with Gasteiger partial charge in [0.1, 0.15) is 6.04 Å². The Bertz CT molecular complexity index is 728. The zero-order valence-corrected chi connectivity index (χ0v) is 11.3. The second-order valence-electron chi connectivity index (χ2n) is 4.63. The van der Waals surface area contributed by atoms with Crippen molar-refractivity contribution in [2.45, 2.75) is 12.2 Å². The lowest BCUT2D eigenvalue weighted by molar-refractivity contribution is -0.149. The summed E-state index contributed by atoms with van der Waals surface area (Å²) in [5.74, 6) is 0.228. The molecule has 6 nitrogen and oxygen atoms in total. The van der Waals surface area contributed by atoms with Crippen LogP contribution in [0.1, 0.15) is 5.69 Å². The summed E-state index contributed by atoms with van der Waals surface area (Å²) in [5.41, 5.74) is 2.99. The lowest BCUT2D eigenvalue weighted by Crippen LogP contribution is -2.44. The first-order chi connectivity index (χ1) is 10.4. The highest BCUT2D eigenvalue weighted by atomic mass is 19.4. The zero-order chi connectivity index (χ0) is 15.9. The van der Waals surface area contributed by atoms with Gasteiger partial charge in [-0.15, -0.1) is 0 Å². The summed E-state index contributed by atoms with van der Waals surface area (Å²) in [6, 6.07) is 0.869. The van der Waals surface area contributed by atoms with Crippen molar-refractivity contribution in [1.82, 2.24) is 20.6 Å². The maximum absolute atomic E-state index is 12.9. The number of aromatic amines is 1. The van der Waals surface area contributed by atoms with E-state index in [1.807, 2.05) is 0 Å². The molecule has 1 atom stereocenters. The lowest BCUT2D eigenvalue weighted by atomic mass is 10.0. The molecule has 1 aromatic heterocycles. The monoisotopic (exact) mass is 312 g/mol. The second kappa shape index (κ2) is 5.02. The highest BCUT2D eigenvalue weighted by Crippen LogP contribution is 2.37. The summed E-state index contributed by atoms with van der Waals surface area (Å²) in [6.45, 7) is 0. The topological polar surface area (TPSA) is 70.2 Å². The summed E-state index contributed by atoms with van der Waals surface area (Å²) in [5, 5.41) is 7.31. The van der Waals surface area contributed by atoms with E-state index >= 15 is 0 Å². The third kappa shape index (κ3) is 2.39. The van der Waals surface area contributed by atoms with Crippen molar-refractivity contribution in [2.75, 3.05) is 7.11 Å². The number of alkyl halides is 3. The summed E-state index contributed by atoms with van der Waals surface area (Å²) in [6.07, 6.45) is -0.287. The molecule has 0 saturated heterocycles. The number of hydrogen-bond donors (Lipinski definition) is 2. The van der Waals surface area contributed by atoms with Gasteiger partial charge in [0.25, 0.3) is 5.56 Å². The first-order valence-corrected chi connectivity index (χ1v) is 6.27. The van der Waals surface area contributed by atoms with Gasteiger partial charge in [0.15, 0.2) is 0 Å². The lowest BCUT2D eigenvalue weighted by Gasteiger charge is -2.28. The fraction of sp³-hybridized carbons (Fsp3) is 0.231. The Kier molecular flexibility index (Phi) is 3.28. The van der Waals surface area contributed by atoms with Crippen molar-refractivity contribution < 1.29 is 17.9 Å². The van der Waals surface area contributed by atoms with E-state index in [1.165, 1.54) is 30.3 Å². The van der Waals surface area contributed by atoms with Crippen LogP contribution in [-0.4, -0.2) is 34.5 Å². The molecule has 0 amide bonds. The molecule has 1 unspecified atom stereocenters. The largest absolute Gasteiger partial charge is 0.481 e. The van der Waals surface area contributed by atoms with Crippen LogP contribution in [0.5, 0.6) is 0 Å². The van der Waals surface area contributed by atoms with Gasteiger partial charge < -0.3 is 4.74 Å². The molecule has 3 heterocycles. The number of methoxy groups -OCH3 is 1. The van der Waals surface area contributed by atoms with Crippen LogP contribution in [-0.2, 0) is 4.74 Å². The van der Waals surface area contributed by atoms with Crippen molar-refractivity contribution in [2.24, 2.45) is 0 Å². The van der Waals surface area contributed by atoms with Gasteiger partial charge in [-0.1, -0.05) is 0 Å². The molecule has 2 aliphatic heterocycles. The molecule has 22 heavy (non-hydrogen) atoms. The van der Waals surface area contributed by atoms with Crippen LogP contribution in [0.3, 0.4) is 0 Å². The minimum absolute atomic E-state index is 0.228. The number of fused-ring (bicyclic) bond motifs is 1. The van der Waals surface area contributed by atoms with Crippen molar-refractivity contribution >= 4 is 5.57 Å². The standard InChI is InChI=1S/C13H11F3N4O2/c1-22-12-5-2-7(8-3-4-11(21)18-17-8)9-6-10(13(14,15)16)19-20(9)12/h2-6,10,19H,1H3,(H,18,21). The minimum atomic E-state index is -4.44. The van der Waals surface area contributed by atoms with Crippen molar-refractivity contribution in [1.29, 1.82) is 0 Å². The predicted molar refractivity (Wildman–Crippen MR) is 70.8 cm³/mol. The number of ether oxygens (including phenoxy) is 1. The van der Waals surface area contributed by atoms with Gasteiger partial charge in [-0.25, -0.2) is 15.5 Å². The van der Waals surface area contributed by atoms with Crippen LogP contribution >= 0.6 is 0 Å². The van der Waals surface area contributed by atoms with Crippen molar-refractivity contribution in [3.05, 3.63) is 58.0 Å². The first kappa shape index (κ1) is 14.4. The molecule has 0 aromatic carbocycles. The van der Waals surface area contributed by atoms with E-state index in [0.29, 0.717) is 11.3 Å². The maximum Gasteiger partial charge on any atom is 0.409 e. The van der Waals surface area contributed by atoms with E-state index in [2.05, 4.69) is 15.6 Å². The van der Waals surface area contributed by atoms with Crippen molar-refractivity contribution in [3.8, 4) is 0 Å². The fourth-order valence-electron chi connectivity index (χ4n) is 2.22. The van der Waals surface area contributed by atoms with E-state index in [4.69, 9.17) is 4.74 Å². The smallest absolute Gasteiger partial charge is 0.409 e. The van der Waals surface area contributed by atoms with E-state index in [9.17, 15) is 18.0 Å². The van der Waals surface area contributed by atoms with Gasteiger partial charge in [-0.3, -0.25) is 4.79 Å². The molecular weight excluding hydrogens is 301 g/mol. The van der Waals surface area contributed by atoms with E-state index in [-0.39, 0.29) is 11.6 Å². The van der Waals surface area contributed by atoms with Gasteiger partial charge >= 0.3 is 6.18 Å². The van der Waals surface area contributed by atoms with Crippen LogP contribution < -0.4 is 11.0 Å². The number of nitrogens with zero attached hydrogens (tertiary/aromatic N) is 2. The number of rotatable bonds is 2. The molecule has 9 heteroatoms. The van der Waals surface area contributed by atoms with Gasteiger partial charge in [-0.05, 0) is 18.2 Å². The Labute approximate surface area is 122 Å². The Hall–Kier alpha value is -2.55. The molecule has 0 bridgehead atoms. The highest BCUT2D eigenvalue weighted by Gasteiger charge is 2.45. The first-order valence-electron chi connectivity index (χ1n) is 6.27. The maximum atomic E-state index is 12.9. The number of halogens is 3. The average Bonchev–Trinajstić information content (AvgIpc) is 2.92. The number of H-pyrrole nitrogens is 1. The molecule has 116 valence electrons. The fourth-order valence-corrected chi connectivity index (χ4v) is 2.22. The van der Waals surface area contributed by atoms with Crippen LogP contribution in [0, 0.1) is 0 Å². The van der Waals surface area contributed by atoms with Gasteiger partial charge in [0.2, 0.25) is 5.88 Å². The van der Waals surface area contributed by atoms with Crippen LogP contribution in [0.15, 0.2) is 46.7 Å². The van der Waals surface area contributed by atoms with Gasteiger partial charge in [0.05, 0.1) is 18.5 Å². The molecule has 3 rings (SSSR count). The third-order valence-corrected chi connectivity index (χ3v) is 3.24. The predicted octanol–water partition coefficient (Wildman–Crippen LogP) is 1.29. The summed E-state index contributed by atoms with van der Waals surface area (Å²) >= 11 is 0. The molecule has 2 N–H and O–H groups in total. The average molecular weight is 312 g/mol. The normalized spacial score (nSPS) is 21.0. The Morgan fingerprint density at radius 3 is 2.68 bits per heavy atom. The number of hydrogen-bond acceptors (Lipinski definition) is 5. The Balaban J connectivity index is 2.06. The van der Waals surface area contributed by atoms with E-state index in [1.54, 1.807) is 6.08 Å².